The Morgan fingerprint density at radius 1 is 1.19 bits per heavy atom. The molecule has 0 saturated carbocycles. The zero-order valence-corrected chi connectivity index (χ0v) is 10.7. The highest BCUT2D eigenvalue weighted by Crippen LogP contribution is 2.16. The molecule has 0 bridgehead atoms. The third kappa shape index (κ3) is 2.61. The van der Waals surface area contributed by atoms with Gasteiger partial charge in [-0.05, 0) is 44.0 Å². The Morgan fingerprint density at radius 3 is 2.62 bits per heavy atom. The maximum atomic E-state index is 4.42. The van der Waals surface area contributed by atoms with Crippen molar-refractivity contribution >= 4 is 17.0 Å². The summed E-state index contributed by atoms with van der Waals surface area (Å²) in [5.74, 6) is 0. The van der Waals surface area contributed by atoms with Crippen LogP contribution < -0.4 is 5.32 Å². The van der Waals surface area contributed by atoms with Crippen LogP contribution in [0.1, 0.15) is 21.8 Å². The lowest BCUT2D eigenvalue weighted by molar-refractivity contribution is 1.07. The van der Waals surface area contributed by atoms with E-state index >= 15 is 0 Å². The van der Waals surface area contributed by atoms with Crippen molar-refractivity contribution < 1.29 is 0 Å². The van der Waals surface area contributed by atoms with Gasteiger partial charge in [0.25, 0.3) is 0 Å². The first kappa shape index (κ1) is 11.1. The fourth-order valence-electron chi connectivity index (χ4n) is 1.51. The molecule has 0 unspecified atom stereocenters. The zero-order chi connectivity index (χ0) is 11.5. The molecule has 16 heavy (non-hydrogen) atoms. The summed E-state index contributed by atoms with van der Waals surface area (Å²) in [7, 11) is 0. The number of nitrogens with zero attached hydrogens (tertiary/aromatic N) is 1. The third-order valence-corrected chi connectivity index (χ3v) is 3.58. The van der Waals surface area contributed by atoms with Crippen molar-refractivity contribution in [3.05, 3.63) is 45.4 Å². The van der Waals surface area contributed by atoms with Crippen molar-refractivity contribution in [2.45, 2.75) is 27.3 Å². The molecule has 84 valence electrons. The van der Waals surface area contributed by atoms with E-state index < -0.39 is 0 Å². The van der Waals surface area contributed by atoms with Crippen LogP contribution in [-0.2, 0) is 6.54 Å². The van der Waals surface area contributed by atoms with Gasteiger partial charge in [0.15, 0.2) is 0 Å². The Hall–Kier alpha value is -1.35. The smallest absolute Gasteiger partial charge is 0.112 e. The summed E-state index contributed by atoms with van der Waals surface area (Å²) in [6.07, 6.45) is 0. The van der Waals surface area contributed by atoms with Crippen molar-refractivity contribution in [3.8, 4) is 0 Å². The van der Waals surface area contributed by atoms with Gasteiger partial charge in [-0.1, -0.05) is 6.07 Å². The van der Waals surface area contributed by atoms with Gasteiger partial charge in [0, 0.05) is 16.8 Å². The average Bonchev–Trinajstić information content (AvgIpc) is 2.66. The molecule has 3 heteroatoms. The maximum Gasteiger partial charge on any atom is 0.112 e. The lowest BCUT2D eigenvalue weighted by atomic mass is 10.1. The van der Waals surface area contributed by atoms with Crippen LogP contribution in [0.5, 0.6) is 0 Å². The van der Waals surface area contributed by atoms with Gasteiger partial charge in [-0.2, -0.15) is 0 Å². The molecule has 1 aromatic carbocycles. The number of thiazole rings is 1. The van der Waals surface area contributed by atoms with E-state index in [0.717, 1.165) is 22.9 Å². The monoisotopic (exact) mass is 232 g/mol. The second-order valence-electron chi connectivity index (χ2n) is 4.04. The van der Waals surface area contributed by atoms with Gasteiger partial charge in [-0.3, -0.25) is 0 Å². The van der Waals surface area contributed by atoms with Crippen LogP contribution in [0.4, 0.5) is 5.69 Å². The first-order valence-corrected chi connectivity index (χ1v) is 6.25. The largest absolute Gasteiger partial charge is 0.379 e. The molecule has 0 aliphatic rings. The molecule has 0 spiro atoms. The van der Waals surface area contributed by atoms with Gasteiger partial charge in [0.05, 0.1) is 6.54 Å². The van der Waals surface area contributed by atoms with Gasteiger partial charge in [0.1, 0.15) is 5.01 Å². The average molecular weight is 232 g/mol. The highest BCUT2D eigenvalue weighted by atomic mass is 32.1. The van der Waals surface area contributed by atoms with E-state index in [4.69, 9.17) is 0 Å². The summed E-state index contributed by atoms with van der Waals surface area (Å²) in [6, 6.07) is 6.43. The van der Waals surface area contributed by atoms with Gasteiger partial charge in [0.2, 0.25) is 0 Å². The highest BCUT2D eigenvalue weighted by Gasteiger charge is 1.99. The Kier molecular flexibility index (Phi) is 3.25. The van der Waals surface area contributed by atoms with Crippen LogP contribution in [0.25, 0.3) is 0 Å². The van der Waals surface area contributed by atoms with Crippen molar-refractivity contribution in [2.24, 2.45) is 0 Å². The molecule has 0 fully saturated rings. The van der Waals surface area contributed by atoms with Crippen molar-refractivity contribution in [2.75, 3.05) is 5.32 Å². The molecular formula is C13H16N2S. The molecule has 0 aliphatic carbocycles. The molecule has 2 nitrogen and oxygen atoms in total. The van der Waals surface area contributed by atoms with E-state index in [1.807, 2.05) is 6.92 Å². The van der Waals surface area contributed by atoms with Crippen molar-refractivity contribution in [1.29, 1.82) is 0 Å². The number of hydrogen-bond acceptors (Lipinski definition) is 3. The van der Waals surface area contributed by atoms with E-state index in [9.17, 15) is 0 Å². The molecule has 0 saturated heterocycles. The molecule has 0 aliphatic heterocycles. The van der Waals surface area contributed by atoms with Crippen molar-refractivity contribution in [3.63, 3.8) is 0 Å². The molecule has 0 amide bonds. The van der Waals surface area contributed by atoms with Crippen LogP contribution >= 0.6 is 11.3 Å². The number of hydrogen-bond donors (Lipinski definition) is 1. The molecule has 1 N–H and O–H groups in total. The second-order valence-corrected chi connectivity index (χ2v) is 4.98. The first-order valence-electron chi connectivity index (χ1n) is 5.37. The summed E-state index contributed by atoms with van der Waals surface area (Å²) in [5, 5.41) is 6.61. The SMILES string of the molecule is Cc1csc(CNc2ccc(C)c(C)c2)n1. The van der Waals surface area contributed by atoms with Crippen LogP contribution in [0.3, 0.4) is 0 Å². The minimum Gasteiger partial charge on any atom is -0.379 e. The minimum atomic E-state index is 0.807. The quantitative estimate of drug-likeness (QED) is 0.873. The lowest BCUT2D eigenvalue weighted by Crippen LogP contribution is -1.99. The fourth-order valence-corrected chi connectivity index (χ4v) is 2.22. The summed E-state index contributed by atoms with van der Waals surface area (Å²) in [6.45, 7) is 7.09. The van der Waals surface area contributed by atoms with Gasteiger partial charge in [-0.25, -0.2) is 4.98 Å². The van der Waals surface area contributed by atoms with Crippen LogP contribution in [0.15, 0.2) is 23.6 Å². The summed E-state index contributed by atoms with van der Waals surface area (Å²) < 4.78 is 0. The molecule has 2 rings (SSSR count). The van der Waals surface area contributed by atoms with E-state index in [-0.39, 0.29) is 0 Å². The number of rotatable bonds is 3. The Balaban J connectivity index is 2.02. The van der Waals surface area contributed by atoms with Crippen molar-refractivity contribution in [1.82, 2.24) is 4.98 Å². The lowest BCUT2D eigenvalue weighted by Gasteiger charge is -2.06. The summed E-state index contributed by atoms with van der Waals surface area (Å²) in [4.78, 5) is 4.42. The van der Waals surface area contributed by atoms with Gasteiger partial charge < -0.3 is 5.32 Å². The molecule has 0 atom stereocenters. The van der Waals surface area contributed by atoms with Crippen LogP contribution in [0.2, 0.25) is 0 Å². The van der Waals surface area contributed by atoms with Crippen LogP contribution in [0, 0.1) is 20.8 Å². The fraction of sp³-hybridized carbons (Fsp3) is 0.308. The topological polar surface area (TPSA) is 24.9 Å². The standard InChI is InChI=1S/C13H16N2S/c1-9-4-5-12(6-10(9)2)14-7-13-15-11(3)8-16-13/h4-6,8,14H,7H2,1-3H3. The predicted molar refractivity (Wildman–Crippen MR) is 70.1 cm³/mol. The number of nitrogens with one attached hydrogen (secondary N) is 1. The molecule has 2 aromatic rings. The number of benzene rings is 1. The first-order chi connectivity index (χ1) is 7.65. The van der Waals surface area contributed by atoms with E-state index in [1.165, 1.54) is 11.1 Å². The summed E-state index contributed by atoms with van der Waals surface area (Å²) >= 11 is 1.70. The highest BCUT2D eigenvalue weighted by molar-refractivity contribution is 7.09. The zero-order valence-electron chi connectivity index (χ0n) is 9.87. The minimum absolute atomic E-state index is 0.807. The normalized spacial score (nSPS) is 10.4. The molecule has 0 radical (unpaired) electrons. The van der Waals surface area contributed by atoms with Gasteiger partial charge in [-0.15, -0.1) is 11.3 Å². The van der Waals surface area contributed by atoms with Gasteiger partial charge >= 0.3 is 0 Å². The maximum absolute atomic E-state index is 4.42. The number of aromatic nitrogens is 1. The number of anilines is 1. The second kappa shape index (κ2) is 4.66. The Morgan fingerprint density at radius 2 is 2.00 bits per heavy atom. The van der Waals surface area contributed by atoms with E-state index in [1.54, 1.807) is 11.3 Å². The number of aryl methyl sites for hydroxylation is 3. The molecule has 1 aromatic heterocycles. The predicted octanol–water partition coefficient (Wildman–Crippen LogP) is 3.68. The third-order valence-electron chi connectivity index (χ3n) is 2.62. The van der Waals surface area contributed by atoms with E-state index in [0.29, 0.717) is 0 Å². The van der Waals surface area contributed by atoms with E-state index in [2.05, 4.69) is 47.7 Å². The molecular weight excluding hydrogens is 216 g/mol. The summed E-state index contributed by atoms with van der Waals surface area (Å²) in [5.41, 5.74) is 4.91. The Bertz CT molecular complexity index is 488. The molecule has 1 heterocycles. The Labute approximate surface area is 100 Å². The van der Waals surface area contributed by atoms with Crippen LogP contribution in [-0.4, -0.2) is 4.98 Å².